The highest BCUT2D eigenvalue weighted by molar-refractivity contribution is 7.80. The van der Waals surface area contributed by atoms with Gasteiger partial charge in [0.2, 0.25) is 0 Å². The van der Waals surface area contributed by atoms with Gasteiger partial charge in [0.15, 0.2) is 0 Å². The SMILES string of the molecule is CCC(CC)(CS)CN(C)CC1CC2CCC1C2. The molecular formula is C16H31NS. The maximum absolute atomic E-state index is 4.60. The van der Waals surface area contributed by atoms with Crippen LogP contribution in [0, 0.1) is 23.2 Å². The molecule has 106 valence electrons. The van der Waals surface area contributed by atoms with Crippen molar-refractivity contribution in [3.63, 3.8) is 0 Å². The van der Waals surface area contributed by atoms with Gasteiger partial charge in [0.25, 0.3) is 0 Å². The van der Waals surface area contributed by atoms with Crippen LogP contribution in [-0.2, 0) is 0 Å². The Balaban J connectivity index is 1.82. The van der Waals surface area contributed by atoms with E-state index in [4.69, 9.17) is 0 Å². The first-order chi connectivity index (χ1) is 8.62. The summed E-state index contributed by atoms with van der Waals surface area (Å²) in [5.41, 5.74) is 0.440. The number of hydrogen-bond acceptors (Lipinski definition) is 2. The molecule has 3 atom stereocenters. The second-order valence-electron chi connectivity index (χ2n) is 7.00. The lowest BCUT2D eigenvalue weighted by atomic mass is 9.83. The van der Waals surface area contributed by atoms with Gasteiger partial charge in [-0.05, 0) is 68.1 Å². The van der Waals surface area contributed by atoms with Crippen LogP contribution in [0.5, 0.6) is 0 Å². The Hall–Kier alpha value is 0.310. The molecule has 2 heteroatoms. The van der Waals surface area contributed by atoms with Crippen molar-refractivity contribution in [2.24, 2.45) is 23.2 Å². The zero-order valence-electron chi connectivity index (χ0n) is 12.5. The first-order valence-corrected chi connectivity index (χ1v) is 8.55. The molecule has 2 bridgehead atoms. The summed E-state index contributed by atoms with van der Waals surface area (Å²) in [5.74, 6) is 4.17. The Bertz CT molecular complexity index is 254. The monoisotopic (exact) mass is 269 g/mol. The van der Waals surface area contributed by atoms with Crippen LogP contribution in [0.25, 0.3) is 0 Å². The lowest BCUT2D eigenvalue weighted by molar-refractivity contribution is 0.147. The van der Waals surface area contributed by atoms with Gasteiger partial charge < -0.3 is 4.90 Å². The molecular weight excluding hydrogens is 238 g/mol. The lowest BCUT2D eigenvalue weighted by Gasteiger charge is -2.36. The van der Waals surface area contributed by atoms with Crippen LogP contribution < -0.4 is 0 Å². The third-order valence-electron chi connectivity index (χ3n) is 5.87. The first kappa shape index (κ1) is 14.7. The van der Waals surface area contributed by atoms with Crippen molar-refractivity contribution >= 4 is 12.6 Å². The fourth-order valence-electron chi connectivity index (χ4n) is 4.38. The number of hydrogen-bond donors (Lipinski definition) is 1. The summed E-state index contributed by atoms with van der Waals surface area (Å²) in [4.78, 5) is 2.61. The predicted octanol–water partition coefficient (Wildman–Crippen LogP) is 4.09. The number of nitrogens with zero attached hydrogens (tertiary/aromatic N) is 1. The number of rotatable bonds is 7. The molecule has 0 aromatic carbocycles. The second-order valence-corrected chi connectivity index (χ2v) is 7.31. The minimum Gasteiger partial charge on any atom is -0.306 e. The molecule has 18 heavy (non-hydrogen) atoms. The summed E-state index contributed by atoms with van der Waals surface area (Å²) in [5, 5.41) is 0. The Morgan fingerprint density at radius 3 is 2.33 bits per heavy atom. The molecule has 2 aliphatic rings. The molecule has 0 aromatic heterocycles. The van der Waals surface area contributed by atoms with E-state index in [-0.39, 0.29) is 0 Å². The molecule has 2 aliphatic carbocycles. The molecule has 2 rings (SSSR count). The third kappa shape index (κ3) is 3.07. The maximum Gasteiger partial charge on any atom is 0.00427 e. The highest BCUT2D eigenvalue weighted by Gasteiger charge is 2.40. The van der Waals surface area contributed by atoms with Gasteiger partial charge in [0, 0.05) is 13.1 Å². The van der Waals surface area contributed by atoms with Crippen molar-refractivity contribution in [1.29, 1.82) is 0 Å². The van der Waals surface area contributed by atoms with Gasteiger partial charge in [-0.2, -0.15) is 12.6 Å². The molecule has 0 spiro atoms. The molecule has 0 amide bonds. The van der Waals surface area contributed by atoms with Crippen molar-refractivity contribution < 1.29 is 0 Å². The van der Waals surface area contributed by atoms with Crippen molar-refractivity contribution in [1.82, 2.24) is 4.90 Å². The number of fused-ring (bicyclic) bond motifs is 2. The zero-order chi connectivity index (χ0) is 13.2. The minimum absolute atomic E-state index is 0.440. The Labute approximate surface area is 119 Å². The van der Waals surface area contributed by atoms with E-state index in [1.54, 1.807) is 0 Å². The molecule has 0 heterocycles. The highest BCUT2D eigenvalue weighted by atomic mass is 32.1. The van der Waals surface area contributed by atoms with E-state index in [9.17, 15) is 0 Å². The predicted molar refractivity (Wildman–Crippen MR) is 83.3 cm³/mol. The van der Waals surface area contributed by atoms with Crippen LogP contribution in [0.15, 0.2) is 0 Å². The minimum atomic E-state index is 0.440. The molecule has 0 aliphatic heterocycles. The topological polar surface area (TPSA) is 3.24 Å². The Kier molecular flexibility index (Phi) is 5.05. The van der Waals surface area contributed by atoms with E-state index in [0.717, 1.165) is 23.5 Å². The molecule has 0 aromatic rings. The molecule has 2 saturated carbocycles. The van der Waals surface area contributed by atoms with Crippen LogP contribution in [-0.4, -0.2) is 30.8 Å². The van der Waals surface area contributed by atoms with Crippen LogP contribution in [0.3, 0.4) is 0 Å². The summed E-state index contributed by atoms with van der Waals surface area (Å²) >= 11 is 4.60. The molecule has 0 N–H and O–H groups in total. The summed E-state index contributed by atoms with van der Waals surface area (Å²) in [6.07, 6.45) is 8.61. The van der Waals surface area contributed by atoms with E-state index < -0.39 is 0 Å². The van der Waals surface area contributed by atoms with Gasteiger partial charge in [-0.15, -0.1) is 0 Å². The quantitative estimate of drug-likeness (QED) is 0.681. The van der Waals surface area contributed by atoms with Gasteiger partial charge in [-0.25, -0.2) is 0 Å². The number of thiol groups is 1. The average molecular weight is 269 g/mol. The van der Waals surface area contributed by atoms with Gasteiger partial charge in [0.05, 0.1) is 0 Å². The standard InChI is InChI=1S/C16H31NS/c1-4-16(5-2,12-18)11-17(3)10-15-9-13-6-7-14(15)8-13/h13-15,18H,4-12H2,1-3H3. The first-order valence-electron chi connectivity index (χ1n) is 7.92. The zero-order valence-corrected chi connectivity index (χ0v) is 13.4. The molecule has 2 fully saturated rings. The molecule has 1 nitrogen and oxygen atoms in total. The van der Waals surface area contributed by atoms with Crippen molar-refractivity contribution in [2.75, 3.05) is 25.9 Å². The fourth-order valence-corrected chi connectivity index (χ4v) is 4.93. The highest BCUT2D eigenvalue weighted by Crippen LogP contribution is 2.48. The van der Waals surface area contributed by atoms with Gasteiger partial charge in [-0.3, -0.25) is 0 Å². The van der Waals surface area contributed by atoms with Crippen molar-refractivity contribution in [2.45, 2.75) is 52.4 Å². The average Bonchev–Trinajstić information content (AvgIpc) is 2.98. The van der Waals surface area contributed by atoms with Gasteiger partial charge >= 0.3 is 0 Å². The molecule has 3 unspecified atom stereocenters. The van der Waals surface area contributed by atoms with E-state index in [1.165, 1.54) is 51.6 Å². The van der Waals surface area contributed by atoms with Gasteiger partial charge in [-0.1, -0.05) is 20.3 Å². The van der Waals surface area contributed by atoms with E-state index in [0.29, 0.717) is 5.41 Å². The van der Waals surface area contributed by atoms with E-state index in [1.807, 2.05) is 0 Å². The van der Waals surface area contributed by atoms with Crippen LogP contribution in [0.1, 0.15) is 52.4 Å². The molecule has 0 radical (unpaired) electrons. The summed E-state index contributed by atoms with van der Waals surface area (Å²) in [7, 11) is 2.33. The van der Waals surface area contributed by atoms with Gasteiger partial charge in [0.1, 0.15) is 0 Å². The second kappa shape index (κ2) is 6.17. The van der Waals surface area contributed by atoms with E-state index >= 15 is 0 Å². The van der Waals surface area contributed by atoms with Crippen molar-refractivity contribution in [3.05, 3.63) is 0 Å². The van der Waals surface area contributed by atoms with Crippen molar-refractivity contribution in [3.8, 4) is 0 Å². The third-order valence-corrected chi connectivity index (χ3v) is 6.54. The maximum atomic E-state index is 4.60. The fraction of sp³-hybridized carbons (Fsp3) is 1.00. The normalized spacial score (nSPS) is 31.5. The summed E-state index contributed by atoms with van der Waals surface area (Å²) in [6, 6.07) is 0. The van der Waals surface area contributed by atoms with Crippen LogP contribution in [0.2, 0.25) is 0 Å². The Morgan fingerprint density at radius 2 is 1.89 bits per heavy atom. The Morgan fingerprint density at radius 1 is 1.17 bits per heavy atom. The smallest absolute Gasteiger partial charge is 0.00427 e. The lowest BCUT2D eigenvalue weighted by Crippen LogP contribution is -2.39. The van der Waals surface area contributed by atoms with E-state index in [2.05, 4.69) is 38.4 Å². The van der Waals surface area contributed by atoms with Crippen LogP contribution in [0.4, 0.5) is 0 Å². The summed E-state index contributed by atoms with van der Waals surface area (Å²) in [6.45, 7) is 7.21. The molecule has 0 saturated heterocycles. The summed E-state index contributed by atoms with van der Waals surface area (Å²) < 4.78 is 0. The largest absolute Gasteiger partial charge is 0.306 e. The van der Waals surface area contributed by atoms with Crippen LogP contribution >= 0.6 is 12.6 Å².